The average molecular weight is 335 g/mol. The fourth-order valence-corrected chi connectivity index (χ4v) is 3.16. The molecule has 1 aliphatic carbocycles. The van der Waals surface area contributed by atoms with E-state index in [0.717, 1.165) is 48.2 Å². The van der Waals surface area contributed by atoms with Crippen molar-refractivity contribution >= 4 is 0 Å². The zero-order valence-corrected chi connectivity index (χ0v) is 13.8. The predicted molar refractivity (Wildman–Crippen MR) is 92.6 cm³/mol. The smallest absolute Gasteiger partial charge is 0.214 e. The van der Waals surface area contributed by atoms with Crippen molar-refractivity contribution in [2.45, 2.75) is 32.3 Å². The first kappa shape index (κ1) is 15.7. The molecule has 126 valence electrons. The molecule has 0 radical (unpaired) electrons. The van der Waals surface area contributed by atoms with Gasteiger partial charge in [-0.25, -0.2) is 9.37 Å². The van der Waals surface area contributed by atoms with E-state index in [1.54, 1.807) is 6.20 Å². The van der Waals surface area contributed by atoms with Crippen LogP contribution in [0, 0.1) is 5.82 Å². The Balaban J connectivity index is 1.70. The molecule has 4 rings (SSSR count). The molecule has 0 aromatic carbocycles. The fourth-order valence-electron chi connectivity index (χ4n) is 3.16. The van der Waals surface area contributed by atoms with Crippen molar-refractivity contribution in [2.24, 2.45) is 0 Å². The summed E-state index contributed by atoms with van der Waals surface area (Å²) in [6, 6.07) is 10.4. The Morgan fingerprint density at radius 2 is 1.92 bits per heavy atom. The largest absolute Gasteiger partial charge is 0.471 e. The normalized spacial score (nSPS) is 13.3. The molecule has 0 N–H and O–H groups in total. The molecule has 1 aliphatic rings. The number of aryl methyl sites for hydroxylation is 1. The molecule has 0 fully saturated rings. The lowest BCUT2D eigenvalue weighted by Gasteiger charge is -2.20. The monoisotopic (exact) mass is 335 g/mol. The molecule has 3 aromatic heterocycles. The minimum Gasteiger partial charge on any atom is -0.471 e. The van der Waals surface area contributed by atoms with E-state index in [2.05, 4.69) is 15.0 Å². The Morgan fingerprint density at radius 1 is 1.00 bits per heavy atom. The van der Waals surface area contributed by atoms with Gasteiger partial charge >= 0.3 is 0 Å². The number of nitrogens with zero attached hydrogens (tertiary/aromatic N) is 3. The number of halogens is 1. The van der Waals surface area contributed by atoms with Gasteiger partial charge in [0.15, 0.2) is 0 Å². The SMILES string of the molecule is Fc1ccnc(-c2cc(OCc3ccccn3)nc3c2CCCC3)c1. The third-order valence-corrected chi connectivity index (χ3v) is 4.37. The molecule has 0 amide bonds. The minimum absolute atomic E-state index is 0.290. The van der Waals surface area contributed by atoms with Gasteiger partial charge in [0.25, 0.3) is 0 Å². The molecule has 0 bridgehead atoms. The van der Waals surface area contributed by atoms with Gasteiger partial charge in [0, 0.05) is 35.8 Å². The first-order valence-electron chi connectivity index (χ1n) is 8.47. The maximum Gasteiger partial charge on any atom is 0.214 e. The summed E-state index contributed by atoms with van der Waals surface area (Å²) >= 11 is 0. The van der Waals surface area contributed by atoms with E-state index in [0.29, 0.717) is 18.2 Å². The maximum atomic E-state index is 13.7. The van der Waals surface area contributed by atoms with Gasteiger partial charge in [-0.3, -0.25) is 9.97 Å². The van der Waals surface area contributed by atoms with Gasteiger partial charge in [-0.05, 0) is 49.4 Å². The molecule has 0 spiro atoms. The highest BCUT2D eigenvalue weighted by molar-refractivity contribution is 5.66. The van der Waals surface area contributed by atoms with Crippen LogP contribution in [-0.2, 0) is 19.4 Å². The molecule has 25 heavy (non-hydrogen) atoms. The maximum absolute atomic E-state index is 13.7. The van der Waals surface area contributed by atoms with Crippen molar-refractivity contribution in [1.29, 1.82) is 0 Å². The lowest BCUT2D eigenvalue weighted by Crippen LogP contribution is -2.10. The molecular formula is C20H18FN3O. The molecule has 0 saturated carbocycles. The van der Waals surface area contributed by atoms with Crippen molar-refractivity contribution < 1.29 is 9.13 Å². The fraction of sp³-hybridized carbons (Fsp3) is 0.250. The third kappa shape index (κ3) is 3.50. The summed E-state index contributed by atoms with van der Waals surface area (Å²) in [5.41, 5.74) is 4.58. The Hall–Kier alpha value is -2.82. The van der Waals surface area contributed by atoms with Crippen molar-refractivity contribution in [3.8, 4) is 17.1 Å². The second kappa shape index (κ2) is 6.97. The lowest BCUT2D eigenvalue weighted by atomic mass is 9.91. The van der Waals surface area contributed by atoms with Gasteiger partial charge in [0.1, 0.15) is 12.4 Å². The van der Waals surface area contributed by atoms with Crippen molar-refractivity contribution in [3.63, 3.8) is 0 Å². The van der Waals surface area contributed by atoms with Gasteiger partial charge in [0.05, 0.1) is 11.4 Å². The van der Waals surface area contributed by atoms with E-state index in [-0.39, 0.29) is 5.82 Å². The zero-order chi connectivity index (χ0) is 17.1. The van der Waals surface area contributed by atoms with E-state index in [4.69, 9.17) is 4.74 Å². The second-order valence-corrected chi connectivity index (χ2v) is 6.11. The van der Waals surface area contributed by atoms with Crippen LogP contribution >= 0.6 is 0 Å². The molecule has 3 aromatic rings. The highest BCUT2D eigenvalue weighted by Crippen LogP contribution is 2.32. The van der Waals surface area contributed by atoms with Crippen LogP contribution in [0.25, 0.3) is 11.3 Å². The standard InChI is InChI=1S/C20H18FN3O/c21-14-8-10-23-19(11-14)17-12-20(24-18-7-2-1-6-16(17)18)25-13-15-5-3-4-9-22-15/h3-5,8-12H,1-2,6-7,13H2. The topological polar surface area (TPSA) is 47.9 Å². The number of rotatable bonds is 4. The van der Waals surface area contributed by atoms with E-state index < -0.39 is 0 Å². The van der Waals surface area contributed by atoms with Crippen LogP contribution < -0.4 is 4.74 Å². The van der Waals surface area contributed by atoms with Gasteiger partial charge in [0.2, 0.25) is 5.88 Å². The van der Waals surface area contributed by atoms with Crippen LogP contribution in [0.1, 0.15) is 29.8 Å². The summed E-state index contributed by atoms with van der Waals surface area (Å²) in [5.74, 6) is 0.245. The number of hydrogen-bond acceptors (Lipinski definition) is 4. The highest BCUT2D eigenvalue weighted by atomic mass is 19.1. The second-order valence-electron chi connectivity index (χ2n) is 6.11. The minimum atomic E-state index is -0.290. The Labute approximate surface area is 145 Å². The van der Waals surface area contributed by atoms with Crippen LogP contribution in [0.3, 0.4) is 0 Å². The highest BCUT2D eigenvalue weighted by Gasteiger charge is 2.19. The number of fused-ring (bicyclic) bond motifs is 1. The van der Waals surface area contributed by atoms with Gasteiger partial charge in [-0.15, -0.1) is 0 Å². The molecule has 4 nitrogen and oxygen atoms in total. The van der Waals surface area contributed by atoms with Gasteiger partial charge in [-0.1, -0.05) is 6.07 Å². The van der Waals surface area contributed by atoms with E-state index >= 15 is 0 Å². The van der Waals surface area contributed by atoms with Crippen LogP contribution in [0.2, 0.25) is 0 Å². The Bertz CT molecular complexity index is 883. The predicted octanol–water partition coefficient (Wildman–Crippen LogP) is 4.14. The summed E-state index contributed by atoms with van der Waals surface area (Å²) in [6.07, 6.45) is 7.31. The van der Waals surface area contributed by atoms with Gasteiger partial charge in [-0.2, -0.15) is 0 Å². The third-order valence-electron chi connectivity index (χ3n) is 4.37. The first-order valence-corrected chi connectivity index (χ1v) is 8.47. The summed E-state index contributed by atoms with van der Waals surface area (Å²) in [5, 5.41) is 0. The quantitative estimate of drug-likeness (QED) is 0.719. The summed E-state index contributed by atoms with van der Waals surface area (Å²) in [7, 11) is 0. The number of ether oxygens (including phenoxy) is 1. The van der Waals surface area contributed by atoms with Crippen molar-refractivity contribution in [1.82, 2.24) is 15.0 Å². The van der Waals surface area contributed by atoms with Crippen molar-refractivity contribution in [3.05, 3.63) is 71.6 Å². The van der Waals surface area contributed by atoms with Gasteiger partial charge < -0.3 is 4.74 Å². The first-order chi connectivity index (χ1) is 12.3. The summed E-state index contributed by atoms with van der Waals surface area (Å²) < 4.78 is 19.5. The number of pyridine rings is 3. The van der Waals surface area contributed by atoms with E-state index in [1.165, 1.54) is 18.3 Å². The van der Waals surface area contributed by atoms with E-state index in [1.807, 2.05) is 24.3 Å². The molecule has 0 unspecified atom stereocenters. The number of hydrogen-bond donors (Lipinski definition) is 0. The van der Waals surface area contributed by atoms with Crippen LogP contribution in [-0.4, -0.2) is 15.0 Å². The van der Waals surface area contributed by atoms with E-state index in [9.17, 15) is 4.39 Å². The zero-order valence-electron chi connectivity index (χ0n) is 13.8. The summed E-state index contributed by atoms with van der Waals surface area (Å²) in [4.78, 5) is 13.3. The molecule has 0 atom stereocenters. The molecular weight excluding hydrogens is 317 g/mol. The number of aromatic nitrogens is 3. The lowest BCUT2D eigenvalue weighted by molar-refractivity contribution is 0.288. The van der Waals surface area contributed by atoms with Crippen LogP contribution in [0.5, 0.6) is 5.88 Å². The van der Waals surface area contributed by atoms with Crippen LogP contribution in [0.4, 0.5) is 4.39 Å². The average Bonchev–Trinajstić information content (AvgIpc) is 2.66. The molecule has 3 heterocycles. The molecule has 0 aliphatic heterocycles. The van der Waals surface area contributed by atoms with Crippen LogP contribution in [0.15, 0.2) is 48.8 Å². The Kier molecular flexibility index (Phi) is 4.37. The Morgan fingerprint density at radius 3 is 2.76 bits per heavy atom. The molecule has 5 heteroatoms. The summed E-state index contributed by atoms with van der Waals surface area (Å²) in [6.45, 7) is 0.350. The van der Waals surface area contributed by atoms with Crippen molar-refractivity contribution in [2.75, 3.05) is 0 Å². The molecule has 0 saturated heterocycles.